The molecule has 2 aliphatic rings. The Kier molecular flexibility index (Phi) is 3.97. The summed E-state index contributed by atoms with van der Waals surface area (Å²) in [4.78, 5) is 18.3. The van der Waals surface area contributed by atoms with E-state index in [9.17, 15) is 4.79 Å². The van der Waals surface area contributed by atoms with Gasteiger partial charge in [-0.25, -0.2) is 9.67 Å². The summed E-state index contributed by atoms with van der Waals surface area (Å²) in [6, 6.07) is 0.780. The Morgan fingerprint density at radius 2 is 2.14 bits per heavy atom. The number of aryl methyl sites for hydroxylation is 1. The standard InChI is InChI=1S/C15H24N4O2/c1-10(2)18-8-4-3-5-12(18)14-16-13-7-6-11(15(20)21)9-19(13)17-14/h10-12H,3-9H2,1-2H3,(H,20,21). The zero-order chi connectivity index (χ0) is 15.0. The Labute approximate surface area is 125 Å². The van der Waals surface area contributed by atoms with Crippen LogP contribution in [0.15, 0.2) is 0 Å². The van der Waals surface area contributed by atoms with Gasteiger partial charge in [-0.2, -0.15) is 5.10 Å². The van der Waals surface area contributed by atoms with Gasteiger partial charge < -0.3 is 5.11 Å². The molecule has 1 N–H and O–H groups in total. The van der Waals surface area contributed by atoms with E-state index in [0.29, 0.717) is 25.0 Å². The molecule has 0 bridgehead atoms. The van der Waals surface area contributed by atoms with Gasteiger partial charge in [0.1, 0.15) is 5.82 Å². The normalized spacial score (nSPS) is 26.8. The van der Waals surface area contributed by atoms with Gasteiger partial charge >= 0.3 is 5.97 Å². The van der Waals surface area contributed by atoms with Crippen molar-refractivity contribution in [3.8, 4) is 0 Å². The summed E-state index contributed by atoms with van der Waals surface area (Å²) in [6.07, 6.45) is 4.95. The number of aliphatic carboxylic acids is 1. The number of rotatable bonds is 3. The second-order valence-electron chi connectivity index (χ2n) is 6.49. The molecule has 0 spiro atoms. The maximum absolute atomic E-state index is 11.1. The molecule has 21 heavy (non-hydrogen) atoms. The third kappa shape index (κ3) is 2.81. The van der Waals surface area contributed by atoms with Gasteiger partial charge in [0.15, 0.2) is 5.82 Å². The lowest BCUT2D eigenvalue weighted by Gasteiger charge is -2.36. The molecule has 0 aliphatic carbocycles. The molecule has 3 rings (SSSR count). The maximum Gasteiger partial charge on any atom is 0.308 e. The lowest BCUT2D eigenvalue weighted by Crippen LogP contribution is -2.39. The monoisotopic (exact) mass is 292 g/mol. The minimum atomic E-state index is -0.723. The number of likely N-dealkylation sites (tertiary alicyclic amines) is 1. The number of fused-ring (bicyclic) bond motifs is 1. The number of hydrogen-bond acceptors (Lipinski definition) is 4. The van der Waals surface area contributed by atoms with Gasteiger partial charge in [0, 0.05) is 12.5 Å². The molecule has 6 nitrogen and oxygen atoms in total. The average Bonchev–Trinajstić information content (AvgIpc) is 2.89. The molecule has 0 aromatic carbocycles. The number of carboxylic acid groups (broad SMARTS) is 1. The lowest BCUT2D eigenvalue weighted by molar-refractivity contribution is -0.142. The number of aromatic nitrogens is 3. The summed E-state index contributed by atoms with van der Waals surface area (Å²) in [6.45, 7) is 6.00. The minimum absolute atomic E-state index is 0.292. The van der Waals surface area contributed by atoms with Crippen molar-refractivity contribution in [2.75, 3.05) is 6.54 Å². The highest BCUT2D eigenvalue weighted by molar-refractivity contribution is 5.70. The first-order valence-corrected chi connectivity index (χ1v) is 7.98. The predicted octanol–water partition coefficient (Wildman–Crippen LogP) is 1.86. The van der Waals surface area contributed by atoms with Crippen molar-refractivity contribution in [1.29, 1.82) is 0 Å². The SMILES string of the molecule is CC(C)N1CCCCC1c1nc2n(n1)CC(C(=O)O)CC2. The first-order chi connectivity index (χ1) is 10.1. The van der Waals surface area contributed by atoms with Crippen molar-refractivity contribution in [2.24, 2.45) is 5.92 Å². The lowest BCUT2D eigenvalue weighted by atomic mass is 9.99. The van der Waals surface area contributed by atoms with E-state index in [1.165, 1.54) is 12.8 Å². The highest BCUT2D eigenvalue weighted by Crippen LogP contribution is 2.31. The first-order valence-electron chi connectivity index (χ1n) is 7.98. The molecular formula is C15H24N4O2. The fourth-order valence-corrected chi connectivity index (χ4v) is 3.52. The zero-order valence-corrected chi connectivity index (χ0v) is 12.8. The van der Waals surface area contributed by atoms with E-state index in [1.807, 2.05) is 4.68 Å². The van der Waals surface area contributed by atoms with Gasteiger partial charge in [-0.1, -0.05) is 6.42 Å². The van der Waals surface area contributed by atoms with Crippen LogP contribution in [-0.2, 0) is 17.8 Å². The molecule has 0 saturated carbocycles. The Morgan fingerprint density at radius 1 is 1.33 bits per heavy atom. The minimum Gasteiger partial charge on any atom is -0.481 e. The Morgan fingerprint density at radius 3 is 2.86 bits per heavy atom. The second kappa shape index (κ2) is 5.75. The van der Waals surface area contributed by atoms with Crippen molar-refractivity contribution >= 4 is 5.97 Å². The summed E-state index contributed by atoms with van der Waals surface area (Å²) in [5.74, 6) is 0.806. The van der Waals surface area contributed by atoms with Gasteiger partial charge in [0.05, 0.1) is 18.5 Å². The summed E-state index contributed by atoms with van der Waals surface area (Å²) in [5.41, 5.74) is 0. The van der Waals surface area contributed by atoms with E-state index in [1.54, 1.807) is 0 Å². The second-order valence-corrected chi connectivity index (χ2v) is 6.49. The van der Waals surface area contributed by atoms with Gasteiger partial charge in [0.25, 0.3) is 0 Å². The third-order valence-corrected chi connectivity index (χ3v) is 4.73. The van der Waals surface area contributed by atoms with Gasteiger partial charge in [0.2, 0.25) is 0 Å². The summed E-state index contributed by atoms with van der Waals surface area (Å²) in [5, 5.41) is 13.8. The number of hydrogen-bond donors (Lipinski definition) is 1. The third-order valence-electron chi connectivity index (χ3n) is 4.73. The van der Waals surface area contributed by atoms with Crippen LogP contribution in [0.1, 0.15) is 57.2 Å². The molecule has 116 valence electrons. The van der Waals surface area contributed by atoms with Crippen LogP contribution in [0, 0.1) is 5.92 Å². The largest absolute Gasteiger partial charge is 0.481 e. The average molecular weight is 292 g/mol. The van der Waals surface area contributed by atoms with E-state index in [0.717, 1.165) is 31.0 Å². The number of carboxylic acids is 1. The first kappa shape index (κ1) is 14.5. The van der Waals surface area contributed by atoms with Gasteiger partial charge in [-0.3, -0.25) is 9.69 Å². The van der Waals surface area contributed by atoms with Crippen molar-refractivity contribution in [3.05, 3.63) is 11.6 Å². The number of carbonyl (C=O) groups is 1. The Hall–Kier alpha value is -1.43. The van der Waals surface area contributed by atoms with E-state index in [2.05, 4.69) is 23.8 Å². The van der Waals surface area contributed by atoms with Crippen LogP contribution in [0.4, 0.5) is 0 Å². The summed E-state index contributed by atoms with van der Waals surface area (Å²) in [7, 11) is 0. The highest BCUT2D eigenvalue weighted by atomic mass is 16.4. The molecule has 6 heteroatoms. The van der Waals surface area contributed by atoms with Crippen LogP contribution >= 0.6 is 0 Å². The van der Waals surface area contributed by atoms with Crippen LogP contribution in [0.25, 0.3) is 0 Å². The Bertz CT molecular complexity index is 526. The molecule has 2 atom stereocenters. The van der Waals surface area contributed by atoms with Crippen molar-refractivity contribution < 1.29 is 9.90 Å². The molecule has 1 aromatic heterocycles. The molecule has 2 unspecified atom stereocenters. The Balaban J connectivity index is 1.82. The fraction of sp³-hybridized carbons (Fsp3) is 0.800. The van der Waals surface area contributed by atoms with Crippen LogP contribution in [0.3, 0.4) is 0 Å². The molecule has 2 aliphatic heterocycles. The summed E-state index contributed by atoms with van der Waals surface area (Å²) >= 11 is 0. The molecule has 3 heterocycles. The quantitative estimate of drug-likeness (QED) is 0.920. The maximum atomic E-state index is 11.1. The molecule has 0 amide bonds. The van der Waals surface area contributed by atoms with Crippen LogP contribution in [-0.4, -0.2) is 43.3 Å². The zero-order valence-electron chi connectivity index (χ0n) is 12.8. The van der Waals surface area contributed by atoms with E-state index < -0.39 is 5.97 Å². The number of nitrogens with zero attached hydrogens (tertiary/aromatic N) is 4. The molecule has 1 aromatic rings. The molecule has 0 radical (unpaired) electrons. The van der Waals surface area contributed by atoms with Crippen molar-refractivity contribution in [3.63, 3.8) is 0 Å². The van der Waals surface area contributed by atoms with Crippen molar-refractivity contribution in [1.82, 2.24) is 19.7 Å². The summed E-state index contributed by atoms with van der Waals surface area (Å²) < 4.78 is 1.82. The molecule has 1 saturated heterocycles. The van der Waals surface area contributed by atoms with Crippen molar-refractivity contribution in [2.45, 2.75) is 64.6 Å². The fourth-order valence-electron chi connectivity index (χ4n) is 3.52. The van der Waals surface area contributed by atoms with E-state index >= 15 is 0 Å². The van der Waals surface area contributed by atoms with Crippen LogP contribution in [0.5, 0.6) is 0 Å². The van der Waals surface area contributed by atoms with Crippen LogP contribution < -0.4 is 0 Å². The van der Waals surface area contributed by atoms with Gasteiger partial charge in [-0.15, -0.1) is 0 Å². The molecule has 1 fully saturated rings. The topological polar surface area (TPSA) is 71.2 Å². The molecular weight excluding hydrogens is 268 g/mol. The van der Waals surface area contributed by atoms with Crippen LogP contribution in [0.2, 0.25) is 0 Å². The smallest absolute Gasteiger partial charge is 0.308 e. The number of piperidine rings is 1. The van der Waals surface area contributed by atoms with E-state index in [4.69, 9.17) is 10.1 Å². The predicted molar refractivity (Wildman–Crippen MR) is 77.9 cm³/mol. The highest BCUT2D eigenvalue weighted by Gasteiger charge is 2.32. The van der Waals surface area contributed by atoms with Gasteiger partial charge in [-0.05, 0) is 39.7 Å². The van der Waals surface area contributed by atoms with E-state index in [-0.39, 0.29) is 5.92 Å².